The maximum Gasteiger partial charge on any atom is 0.238 e. The van der Waals surface area contributed by atoms with Crippen molar-refractivity contribution >= 4 is 39.8 Å². The fourth-order valence-corrected chi connectivity index (χ4v) is 4.00. The van der Waals surface area contributed by atoms with Crippen LogP contribution in [-0.2, 0) is 14.6 Å². The molecule has 2 rings (SSSR count). The van der Waals surface area contributed by atoms with Gasteiger partial charge >= 0.3 is 0 Å². The van der Waals surface area contributed by atoms with Gasteiger partial charge in [0.05, 0.1) is 4.90 Å². The van der Waals surface area contributed by atoms with E-state index in [9.17, 15) is 13.2 Å². The molecule has 2 N–H and O–H groups in total. The second kappa shape index (κ2) is 8.33. The third-order valence-corrected chi connectivity index (χ3v) is 5.99. The van der Waals surface area contributed by atoms with E-state index >= 15 is 0 Å². The Morgan fingerprint density at radius 3 is 2.30 bits per heavy atom. The largest absolute Gasteiger partial charge is 0.342 e. The number of benzene rings is 1. The van der Waals surface area contributed by atoms with Gasteiger partial charge in [-0.1, -0.05) is 11.6 Å². The Morgan fingerprint density at radius 2 is 1.83 bits per heavy atom. The van der Waals surface area contributed by atoms with Crippen LogP contribution < -0.4 is 5.73 Å². The normalized spacial score (nSPS) is 17.4. The molecule has 1 aliphatic rings. The molecule has 0 spiro atoms. The summed E-state index contributed by atoms with van der Waals surface area (Å²) in [7, 11) is -3.63. The summed E-state index contributed by atoms with van der Waals surface area (Å²) in [5.74, 6) is -0.452. The number of hydrogen-bond acceptors (Lipinski definition) is 4. The molecule has 1 atom stereocenters. The number of piperidine rings is 1. The molecule has 0 aliphatic carbocycles. The lowest BCUT2D eigenvalue weighted by molar-refractivity contribution is -0.129. The van der Waals surface area contributed by atoms with Gasteiger partial charge in [-0.15, -0.1) is 12.4 Å². The lowest BCUT2D eigenvalue weighted by Crippen LogP contribution is -2.44. The van der Waals surface area contributed by atoms with Crippen LogP contribution in [0.2, 0.25) is 5.02 Å². The SMILES string of the molecule is CC(N)C1CCN(C(=O)CS(=O)(=O)c2ccc(Cl)cc2)CC1.Cl. The van der Waals surface area contributed by atoms with Gasteiger partial charge in [-0.3, -0.25) is 4.79 Å². The fourth-order valence-electron chi connectivity index (χ4n) is 2.65. The summed E-state index contributed by atoms with van der Waals surface area (Å²) in [6.07, 6.45) is 1.65. The molecule has 5 nitrogen and oxygen atoms in total. The van der Waals surface area contributed by atoms with E-state index in [4.69, 9.17) is 17.3 Å². The number of nitrogens with zero attached hydrogens (tertiary/aromatic N) is 1. The second-order valence-electron chi connectivity index (χ2n) is 5.79. The summed E-state index contributed by atoms with van der Waals surface area (Å²) < 4.78 is 24.5. The molecule has 1 saturated heterocycles. The van der Waals surface area contributed by atoms with E-state index in [2.05, 4.69) is 0 Å². The molecule has 130 valence electrons. The summed E-state index contributed by atoms with van der Waals surface area (Å²) >= 11 is 5.75. The van der Waals surface area contributed by atoms with Crippen LogP contribution >= 0.6 is 24.0 Å². The van der Waals surface area contributed by atoms with E-state index in [1.165, 1.54) is 24.3 Å². The van der Waals surface area contributed by atoms with Gasteiger partial charge in [-0.25, -0.2) is 8.42 Å². The molecule has 0 saturated carbocycles. The molecule has 1 amide bonds. The zero-order valence-electron chi connectivity index (χ0n) is 12.9. The zero-order chi connectivity index (χ0) is 16.3. The number of carbonyl (C=O) groups excluding carboxylic acids is 1. The van der Waals surface area contributed by atoms with Crippen molar-refractivity contribution in [1.82, 2.24) is 4.90 Å². The van der Waals surface area contributed by atoms with Crippen LogP contribution in [0.1, 0.15) is 19.8 Å². The molecule has 1 aromatic carbocycles. The molecule has 0 aromatic heterocycles. The number of halogens is 2. The highest BCUT2D eigenvalue weighted by Gasteiger charge is 2.28. The molecule has 0 bridgehead atoms. The highest BCUT2D eigenvalue weighted by atomic mass is 35.5. The van der Waals surface area contributed by atoms with Crippen molar-refractivity contribution in [3.8, 4) is 0 Å². The number of amides is 1. The third kappa shape index (κ3) is 5.35. The Morgan fingerprint density at radius 1 is 1.30 bits per heavy atom. The quantitative estimate of drug-likeness (QED) is 0.867. The Hall–Kier alpha value is -0.820. The number of likely N-dealkylation sites (tertiary alicyclic amines) is 1. The van der Waals surface area contributed by atoms with Crippen molar-refractivity contribution in [3.05, 3.63) is 29.3 Å². The molecule has 8 heteroatoms. The summed E-state index contributed by atoms with van der Waals surface area (Å²) in [4.78, 5) is 14.0. The van der Waals surface area contributed by atoms with E-state index in [0.717, 1.165) is 12.8 Å². The molecule has 1 fully saturated rings. The lowest BCUT2D eigenvalue weighted by atomic mass is 9.91. The van der Waals surface area contributed by atoms with Gasteiger partial charge in [0, 0.05) is 24.2 Å². The first kappa shape index (κ1) is 20.2. The first-order valence-electron chi connectivity index (χ1n) is 7.31. The van der Waals surface area contributed by atoms with E-state index in [1.807, 2.05) is 6.92 Å². The monoisotopic (exact) mass is 380 g/mol. The van der Waals surface area contributed by atoms with Crippen LogP contribution in [0.15, 0.2) is 29.2 Å². The van der Waals surface area contributed by atoms with Crippen molar-refractivity contribution in [3.63, 3.8) is 0 Å². The first-order chi connectivity index (χ1) is 10.3. The van der Waals surface area contributed by atoms with Crippen LogP contribution in [0.5, 0.6) is 0 Å². The predicted octanol–water partition coefficient (Wildman–Crippen LogP) is 2.12. The Labute approximate surface area is 148 Å². The van der Waals surface area contributed by atoms with Gasteiger partial charge < -0.3 is 10.6 Å². The average Bonchev–Trinajstić information content (AvgIpc) is 2.47. The van der Waals surface area contributed by atoms with E-state index < -0.39 is 15.6 Å². The summed E-state index contributed by atoms with van der Waals surface area (Å²) in [6, 6.07) is 5.97. The topological polar surface area (TPSA) is 80.5 Å². The minimum Gasteiger partial charge on any atom is -0.342 e. The molecule has 23 heavy (non-hydrogen) atoms. The van der Waals surface area contributed by atoms with Crippen molar-refractivity contribution in [2.45, 2.75) is 30.7 Å². The summed E-state index contributed by atoms with van der Waals surface area (Å²) in [5.41, 5.74) is 5.87. The maximum atomic E-state index is 12.3. The van der Waals surface area contributed by atoms with Crippen LogP contribution in [0, 0.1) is 5.92 Å². The minimum absolute atomic E-state index is 0. The predicted molar refractivity (Wildman–Crippen MR) is 93.7 cm³/mol. The molecule has 0 radical (unpaired) electrons. The lowest BCUT2D eigenvalue weighted by Gasteiger charge is -2.33. The van der Waals surface area contributed by atoms with Gasteiger partial charge in [0.25, 0.3) is 0 Å². The molecular weight excluding hydrogens is 359 g/mol. The number of carbonyl (C=O) groups is 1. The van der Waals surface area contributed by atoms with Crippen molar-refractivity contribution in [1.29, 1.82) is 0 Å². The third-order valence-electron chi connectivity index (χ3n) is 4.12. The standard InChI is InChI=1S/C15H21ClN2O3S.ClH/c1-11(17)12-6-8-18(9-7-12)15(19)10-22(20,21)14-4-2-13(16)3-5-14;/h2-5,11-12H,6-10,17H2,1H3;1H. The number of hydrogen-bond donors (Lipinski definition) is 1. The minimum atomic E-state index is -3.63. The average molecular weight is 381 g/mol. The molecule has 1 unspecified atom stereocenters. The summed E-state index contributed by atoms with van der Waals surface area (Å²) in [5, 5.41) is 0.461. The van der Waals surface area contributed by atoms with Crippen molar-refractivity contribution in [2.24, 2.45) is 11.7 Å². The number of sulfone groups is 1. The van der Waals surface area contributed by atoms with E-state index in [-0.39, 0.29) is 29.3 Å². The van der Waals surface area contributed by atoms with Gasteiger partial charge in [0.1, 0.15) is 5.75 Å². The first-order valence-corrected chi connectivity index (χ1v) is 9.34. The number of rotatable bonds is 4. The van der Waals surface area contributed by atoms with Crippen LogP contribution in [-0.4, -0.2) is 44.1 Å². The highest BCUT2D eigenvalue weighted by molar-refractivity contribution is 7.92. The molecule has 1 aliphatic heterocycles. The van der Waals surface area contributed by atoms with Gasteiger partial charge in [0.15, 0.2) is 9.84 Å². The summed E-state index contributed by atoms with van der Waals surface area (Å²) in [6.45, 7) is 3.11. The van der Waals surface area contributed by atoms with Crippen molar-refractivity contribution in [2.75, 3.05) is 18.8 Å². The van der Waals surface area contributed by atoms with Crippen LogP contribution in [0.4, 0.5) is 0 Å². The fraction of sp³-hybridized carbons (Fsp3) is 0.533. The molecule has 1 aromatic rings. The van der Waals surface area contributed by atoms with Gasteiger partial charge in [-0.2, -0.15) is 0 Å². The van der Waals surface area contributed by atoms with E-state index in [0.29, 0.717) is 24.0 Å². The zero-order valence-corrected chi connectivity index (χ0v) is 15.3. The number of nitrogens with two attached hydrogens (primary N) is 1. The van der Waals surface area contributed by atoms with Crippen molar-refractivity contribution < 1.29 is 13.2 Å². The van der Waals surface area contributed by atoms with E-state index in [1.54, 1.807) is 4.90 Å². The second-order valence-corrected chi connectivity index (χ2v) is 8.22. The van der Waals surface area contributed by atoms with Gasteiger partial charge in [-0.05, 0) is 49.9 Å². The smallest absolute Gasteiger partial charge is 0.238 e. The van der Waals surface area contributed by atoms with Crippen LogP contribution in [0.3, 0.4) is 0 Å². The molecular formula is C15H22Cl2N2O3S. The Bertz CT molecular complexity index is 625. The Kier molecular flexibility index (Phi) is 7.32. The molecule has 1 heterocycles. The Balaban J connectivity index is 0.00000264. The maximum absolute atomic E-state index is 12.3. The van der Waals surface area contributed by atoms with Gasteiger partial charge in [0.2, 0.25) is 5.91 Å². The van der Waals surface area contributed by atoms with Crippen LogP contribution in [0.25, 0.3) is 0 Å². The highest BCUT2D eigenvalue weighted by Crippen LogP contribution is 2.21.